The Morgan fingerprint density at radius 3 is 2.44 bits per heavy atom. The van der Waals surface area contributed by atoms with Crippen molar-refractivity contribution >= 4 is 17.3 Å². The van der Waals surface area contributed by atoms with Crippen molar-refractivity contribution in [2.45, 2.75) is 25.7 Å². The highest BCUT2D eigenvalue weighted by molar-refractivity contribution is 5.76. The largest absolute Gasteiger partial charge is 0.416 e. The molecule has 2 aliphatic heterocycles. The molecule has 0 saturated carbocycles. The zero-order valence-corrected chi connectivity index (χ0v) is 17.8. The summed E-state index contributed by atoms with van der Waals surface area (Å²) in [6.07, 6.45) is -3.62. The van der Waals surface area contributed by atoms with E-state index in [0.717, 1.165) is 44.7 Å². The van der Waals surface area contributed by atoms with E-state index in [9.17, 15) is 18.0 Å². The number of carbonyl (C=O) groups is 1. The quantitative estimate of drug-likeness (QED) is 0.635. The number of piperazine rings is 1. The molecular formula is C23H28F3N5O. The van der Waals surface area contributed by atoms with E-state index in [1.54, 1.807) is 12.1 Å². The van der Waals surface area contributed by atoms with Crippen LogP contribution in [0.15, 0.2) is 36.4 Å². The molecule has 0 atom stereocenters. The Labute approximate surface area is 185 Å². The number of nitrogens with one attached hydrogen (secondary N) is 2. The number of primary amides is 1. The molecule has 0 spiro atoms. The average Bonchev–Trinajstić information content (AvgIpc) is 2.74. The molecule has 2 aromatic rings. The molecule has 9 heteroatoms. The number of hydrogen-bond donors (Lipinski definition) is 3. The molecule has 4 N–H and O–H groups in total. The van der Waals surface area contributed by atoms with Crippen molar-refractivity contribution in [3.8, 4) is 0 Å². The van der Waals surface area contributed by atoms with E-state index >= 15 is 0 Å². The van der Waals surface area contributed by atoms with Gasteiger partial charge in [0.05, 0.1) is 12.1 Å². The number of rotatable bonds is 6. The molecule has 4 rings (SSSR count). The normalized spacial score (nSPS) is 17.7. The summed E-state index contributed by atoms with van der Waals surface area (Å²) in [5.74, 6) is -0.372. The maximum absolute atomic E-state index is 13.8. The van der Waals surface area contributed by atoms with Crippen molar-refractivity contribution in [2.75, 3.05) is 44.6 Å². The van der Waals surface area contributed by atoms with Gasteiger partial charge < -0.3 is 16.4 Å². The van der Waals surface area contributed by atoms with Crippen molar-refractivity contribution in [2.24, 2.45) is 5.73 Å². The highest BCUT2D eigenvalue weighted by Gasteiger charge is 2.34. The van der Waals surface area contributed by atoms with E-state index in [1.807, 2.05) is 28.0 Å². The minimum absolute atomic E-state index is 0.195. The van der Waals surface area contributed by atoms with Crippen LogP contribution in [0.3, 0.4) is 0 Å². The number of alkyl halides is 3. The molecule has 2 aromatic carbocycles. The third kappa shape index (κ3) is 5.59. The lowest BCUT2D eigenvalue weighted by Crippen LogP contribution is -2.43. The molecule has 6 nitrogen and oxygen atoms in total. The third-order valence-corrected chi connectivity index (χ3v) is 5.98. The Morgan fingerprint density at radius 2 is 1.72 bits per heavy atom. The van der Waals surface area contributed by atoms with Crippen LogP contribution in [0, 0.1) is 0 Å². The molecular weight excluding hydrogens is 419 g/mol. The molecule has 0 unspecified atom stereocenters. The maximum Gasteiger partial charge on any atom is 0.416 e. The molecule has 2 aliphatic rings. The van der Waals surface area contributed by atoms with Crippen LogP contribution in [0.2, 0.25) is 0 Å². The minimum atomic E-state index is -4.42. The summed E-state index contributed by atoms with van der Waals surface area (Å²) in [5.41, 5.74) is 8.33. The Balaban J connectivity index is 1.52. The summed E-state index contributed by atoms with van der Waals surface area (Å²) >= 11 is 0. The second-order valence-electron chi connectivity index (χ2n) is 8.43. The third-order valence-electron chi connectivity index (χ3n) is 5.98. The van der Waals surface area contributed by atoms with E-state index in [-0.39, 0.29) is 24.6 Å². The lowest BCUT2D eigenvalue weighted by atomic mass is 9.99. The van der Waals surface area contributed by atoms with Gasteiger partial charge >= 0.3 is 6.18 Å². The number of amides is 1. The second-order valence-corrected chi connectivity index (χ2v) is 8.43. The number of benzene rings is 2. The SMILES string of the molecule is NC(=O)CN1CCc2ccc(Nc3ccc(CN4CCNCC4)c(C(F)(F)F)c3)cc2C1. The van der Waals surface area contributed by atoms with Crippen molar-refractivity contribution in [3.63, 3.8) is 0 Å². The molecule has 0 bridgehead atoms. The monoisotopic (exact) mass is 447 g/mol. The number of carbonyl (C=O) groups excluding carboxylic acids is 1. The van der Waals surface area contributed by atoms with Gasteiger partial charge in [-0.1, -0.05) is 12.1 Å². The van der Waals surface area contributed by atoms with Crippen LogP contribution in [0.25, 0.3) is 0 Å². The number of nitrogens with zero attached hydrogens (tertiary/aromatic N) is 2. The van der Waals surface area contributed by atoms with Crippen LogP contribution in [-0.2, 0) is 30.5 Å². The molecule has 1 amide bonds. The predicted octanol–water partition coefficient (Wildman–Crippen LogP) is 2.70. The summed E-state index contributed by atoms with van der Waals surface area (Å²) < 4.78 is 41.4. The first-order valence-electron chi connectivity index (χ1n) is 10.8. The fraction of sp³-hybridized carbons (Fsp3) is 0.435. The van der Waals surface area contributed by atoms with Crippen molar-refractivity contribution in [3.05, 3.63) is 58.7 Å². The van der Waals surface area contributed by atoms with Gasteiger partial charge in [-0.05, 0) is 47.4 Å². The van der Waals surface area contributed by atoms with Crippen molar-refractivity contribution in [1.29, 1.82) is 0 Å². The topological polar surface area (TPSA) is 73.6 Å². The molecule has 0 radical (unpaired) electrons. The fourth-order valence-corrected chi connectivity index (χ4v) is 4.38. The maximum atomic E-state index is 13.8. The smallest absolute Gasteiger partial charge is 0.369 e. The first kappa shape index (κ1) is 22.6. The van der Waals surface area contributed by atoms with Crippen LogP contribution in [0.4, 0.5) is 24.5 Å². The fourth-order valence-electron chi connectivity index (χ4n) is 4.38. The molecule has 172 valence electrons. The summed E-state index contributed by atoms with van der Waals surface area (Å²) in [5, 5.41) is 6.33. The van der Waals surface area contributed by atoms with E-state index < -0.39 is 11.7 Å². The van der Waals surface area contributed by atoms with Gasteiger partial charge in [0.25, 0.3) is 0 Å². The number of fused-ring (bicyclic) bond motifs is 1. The summed E-state index contributed by atoms with van der Waals surface area (Å²) in [4.78, 5) is 15.2. The van der Waals surface area contributed by atoms with Gasteiger partial charge in [0.2, 0.25) is 5.91 Å². The van der Waals surface area contributed by atoms with Crippen LogP contribution in [0.5, 0.6) is 0 Å². The number of hydrogen-bond acceptors (Lipinski definition) is 5. The molecule has 1 saturated heterocycles. The average molecular weight is 448 g/mol. The summed E-state index contributed by atoms with van der Waals surface area (Å²) in [7, 11) is 0. The highest BCUT2D eigenvalue weighted by atomic mass is 19.4. The van der Waals surface area contributed by atoms with Crippen molar-refractivity contribution < 1.29 is 18.0 Å². The molecule has 0 aromatic heterocycles. The van der Waals surface area contributed by atoms with Gasteiger partial charge in [0, 0.05) is 57.2 Å². The molecule has 0 aliphatic carbocycles. The van der Waals surface area contributed by atoms with Gasteiger partial charge in [-0.25, -0.2) is 0 Å². The second kappa shape index (κ2) is 9.48. The highest BCUT2D eigenvalue weighted by Crippen LogP contribution is 2.35. The molecule has 2 heterocycles. The van der Waals surface area contributed by atoms with Gasteiger partial charge in [0.1, 0.15) is 0 Å². The lowest BCUT2D eigenvalue weighted by molar-refractivity contribution is -0.138. The first-order chi connectivity index (χ1) is 15.3. The van der Waals surface area contributed by atoms with E-state index in [2.05, 4.69) is 10.6 Å². The van der Waals surface area contributed by atoms with Crippen LogP contribution in [0.1, 0.15) is 22.3 Å². The van der Waals surface area contributed by atoms with Crippen molar-refractivity contribution in [1.82, 2.24) is 15.1 Å². The zero-order chi connectivity index (χ0) is 22.7. The van der Waals surface area contributed by atoms with Gasteiger partial charge in [-0.15, -0.1) is 0 Å². The Morgan fingerprint density at radius 1 is 1.00 bits per heavy atom. The standard InChI is InChI=1S/C23H28F3N5O/c24-23(25,26)21-12-20(4-2-17(21)13-30-9-6-28-7-10-30)29-19-3-1-16-5-8-31(15-22(27)32)14-18(16)11-19/h1-4,11-12,28-29H,5-10,13-15H2,(H2,27,32). The Bertz CT molecular complexity index is 973. The Hall–Kier alpha value is -2.62. The van der Waals surface area contributed by atoms with Crippen LogP contribution in [-0.4, -0.2) is 55.0 Å². The predicted molar refractivity (Wildman–Crippen MR) is 117 cm³/mol. The molecule has 32 heavy (non-hydrogen) atoms. The molecule has 1 fully saturated rings. The Kier molecular flexibility index (Phi) is 6.68. The van der Waals surface area contributed by atoms with E-state index in [1.165, 1.54) is 11.6 Å². The van der Waals surface area contributed by atoms with Crippen LogP contribution < -0.4 is 16.4 Å². The van der Waals surface area contributed by atoms with E-state index in [4.69, 9.17) is 5.73 Å². The zero-order valence-electron chi connectivity index (χ0n) is 17.8. The van der Waals surface area contributed by atoms with Crippen LogP contribution >= 0.6 is 0 Å². The summed E-state index contributed by atoms with van der Waals surface area (Å²) in [6.45, 7) is 4.87. The van der Waals surface area contributed by atoms with E-state index in [0.29, 0.717) is 17.9 Å². The number of anilines is 2. The first-order valence-corrected chi connectivity index (χ1v) is 10.8. The summed E-state index contributed by atoms with van der Waals surface area (Å²) in [6, 6.07) is 10.3. The van der Waals surface area contributed by atoms with Gasteiger partial charge in [-0.2, -0.15) is 13.2 Å². The minimum Gasteiger partial charge on any atom is -0.369 e. The number of halogens is 3. The lowest BCUT2D eigenvalue weighted by Gasteiger charge is -2.28. The number of nitrogens with two attached hydrogens (primary N) is 1. The van der Waals surface area contributed by atoms with Gasteiger partial charge in [0.15, 0.2) is 0 Å². The van der Waals surface area contributed by atoms with Gasteiger partial charge in [-0.3, -0.25) is 14.6 Å².